The fourth-order valence-corrected chi connectivity index (χ4v) is 5.71. The highest BCUT2D eigenvalue weighted by Crippen LogP contribution is 2.55. The molecular formula is C20H29NO2. The molecule has 0 heterocycles. The van der Waals surface area contributed by atoms with Crippen LogP contribution >= 0.6 is 0 Å². The third kappa shape index (κ3) is 2.96. The Morgan fingerprint density at radius 1 is 1.04 bits per heavy atom. The van der Waals surface area contributed by atoms with Gasteiger partial charge in [0.15, 0.2) is 11.5 Å². The van der Waals surface area contributed by atoms with Crippen LogP contribution in [0.5, 0.6) is 11.5 Å². The van der Waals surface area contributed by atoms with Crippen molar-refractivity contribution < 1.29 is 9.47 Å². The summed E-state index contributed by atoms with van der Waals surface area (Å²) in [5.41, 5.74) is 1.71. The summed E-state index contributed by atoms with van der Waals surface area (Å²) in [4.78, 5) is 0. The Morgan fingerprint density at radius 2 is 1.70 bits per heavy atom. The number of hydrogen-bond acceptors (Lipinski definition) is 3. The van der Waals surface area contributed by atoms with E-state index in [9.17, 15) is 0 Å². The molecule has 1 aromatic carbocycles. The van der Waals surface area contributed by atoms with Crippen LogP contribution in [0.1, 0.15) is 51.0 Å². The van der Waals surface area contributed by atoms with Crippen molar-refractivity contribution in [1.29, 1.82) is 0 Å². The molecule has 1 aromatic rings. The van der Waals surface area contributed by atoms with E-state index in [0.29, 0.717) is 12.1 Å². The van der Waals surface area contributed by atoms with E-state index in [1.54, 1.807) is 7.11 Å². The highest BCUT2D eigenvalue weighted by atomic mass is 16.5. The standard InChI is InChI=1S/C20H29NO2/c1-3-23-18-5-4-14(9-19(18)22-2)13-21-20-10-15-6-16(11-20)8-17(7-15)12-20/h4-5,9,15-17,21H,3,6-8,10-13H2,1-2H3. The van der Waals surface area contributed by atoms with E-state index in [-0.39, 0.29) is 0 Å². The van der Waals surface area contributed by atoms with Crippen LogP contribution in [0.15, 0.2) is 18.2 Å². The van der Waals surface area contributed by atoms with Gasteiger partial charge < -0.3 is 14.8 Å². The molecule has 3 heteroatoms. The number of nitrogens with one attached hydrogen (secondary N) is 1. The SMILES string of the molecule is CCOc1ccc(CNC23CC4CC(CC(C4)C2)C3)cc1OC. The minimum absolute atomic E-state index is 0.417. The van der Waals surface area contributed by atoms with E-state index in [0.717, 1.165) is 35.8 Å². The maximum Gasteiger partial charge on any atom is 0.161 e. The molecule has 4 saturated carbocycles. The minimum Gasteiger partial charge on any atom is -0.493 e. The zero-order chi connectivity index (χ0) is 15.9. The average Bonchev–Trinajstić information content (AvgIpc) is 2.53. The fourth-order valence-electron chi connectivity index (χ4n) is 5.71. The van der Waals surface area contributed by atoms with Crippen molar-refractivity contribution in [3.8, 4) is 11.5 Å². The van der Waals surface area contributed by atoms with E-state index in [1.807, 2.05) is 13.0 Å². The Labute approximate surface area is 139 Å². The second-order valence-corrected chi connectivity index (χ2v) is 7.97. The predicted octanol–water partition coefficient (Wildman–Crippen LogP) is 4.15. The maximum atomic E-state index is 5.62. The molecule has 0 radical (unpaired) electrons. The zero-order valence-corrected chi connectivity index (χ0v) is 14.4. The largest absolute Gasteiger partial charge is 0.493 e. The first-order valence-electron chi connectivity index (χ1n) is 9.24. The molecular weight excluding hydrogens is 286 g/mol. The van der Waals surface area contributed by atoms with Crippen molar-refractivity contribution in [3.63, 3.8) is 0 Å². The van der Waals surface area contributed by atoms with Gasteiger partial charge in [-0.3, -0.25) is 0 Å². The van der Waals surface area contributed by atoms with Crippen LogP contribution < -0.4 is 14.8 Å². The van der Waals surface area contributed by atoms with Crippen LogP contribution in [0.25, 0.3) is 0 Å². The lowest BCUT2D eigenvalue weighted by Crippen LogP contribution is -2.58. The maximum absolute atomic E-state index is 5.62. The number of ether oxygens (including phenoxy) is 2. The van der Waals surface area contributed by atoms with E-state index < -0.39 is 0 Å². The van der Waals surface area contributed by atoms with Gasteiger partial charge in [-0.05, 0) is 80.9 Å². The van der Waals surface area contributed by atoms with Crippen LogP contribution in [0.4, 0.5) is 0 Å². The van der Waals surface area contributed by atoms with Gasteiger partial charge in [0.1, 0.15) is 0 Å². The van der Waals surface area contributed by atoms with Crippen LogP contribution in [0, 0.1) is 17.8 Å². The molecule has 126 valence electrons. The molecule has 0 atom stereocenters. The third-order valence-corrected chi connectivity index (χ3v) is 6.23. The Balaban J connectivity index is 1.45. The first-order chi connectivity index (χ1) is 11.2. The molecule has 0 unspecified atom stereocenters. The summed E-state index contributed by atoms with van der Waals surface area (Å²) >= 11 is 0. The summed E-state index contributed by atoms with van der Waals surface area (Å²) in [6.45, 7) is 3.61. The number of methoxy groups -OCH3 is 1. The highest BCUT2D eigenvalue weighted by molar-refractivity contribution is 5.43. The zero-order valence-electron chi connectivity index (χ0n) is 14.4. The molecule has 4 fully saturated rings. The summed E-state index contributed by atoms with van der Waals surface area (Å²) in [5.74, 6) is 4.65. The van der Waals surface area contributed by atoms with Crippen LogP contribution in [0.2, 0.25) is 0 Å². The van der Waals surface area contributed by atoms with Crippen LogP contribution in [-0.4, -0.2) is 19.3 Å². The molecule has 23 heavy (non-hydrogen) atoms. The van der Waals surface area contributed by atoms with Crippen molar-refractivity contribution in [2.24, 2.45) is 17.8 Å². The van der Waals surface area contributed by atoms with Crippen molar-refractivity contribution in [3.05, 3.63) is 23.8 Å². The Bertz CT molecular complexity index is 533. The summed E-state index contributed by atoms with van der Waals surface area (Å²) in [5, 5.41) is 3.95. The second kappa shape index (κ2) is 6.01. The van der Waals surface area contributed by atoms with Crippen molar-refractivity contribution in [2.75, 3.05) is 13.7 Å². The molecule has 4 aliphatic rings. The van der Waals surface area contributed by atoms with Crippen LogP contribution in [-0.2, 0) is 6.54 Å². The summed E-state index contributed by atoms with van der Waals surface area (Å²) in [6.07, 6.45) is 8.68. The van der Waals surface area contributed by atoms with E-state index >= 15 is 0 Å². The van der Waals surface area contributed by atoms with Gasteiger partial charge in [0.05, 0.1) is 13.7 Å². The molecule has 0 spiro atoms. The average molecular weight is 315 g/mol. The quantitative estimate of drug-likeness (QED) is 0.855. The highest BCUT2D eigenvalue weighted by Gasteiger charge is 2.50. The first-order valence-corrected chi connectivity index (χ1v) is 9.24. The lowest BCUT2D eigenvalue weighted by molar-refractivity contribution is -0.0206. The van der Waals surface area contributed by atoms with Crippen molar-refractivity contribution in [1.82, 2.24) is 5.32 Å². The third-order valence-electron chi connectivity index (χ3n) is 6.23. The first kappa shape index (κ1) is 15.3. The molecule has 5 rings (SSSR count). The molecule has 4 bridgehead atoms. The van der Waals surface area contributed by atoms with Crippen molar-refractivity contribution in [2.45, 2.75) is 57.5 Å². The lowest BCUT2D eigenvalue weighted by Gasteiger charge is -2.57. The molecule has 0 saturated heterocycles. The van der Waals surface area contributed by atoms with Gasteiger partial charge in [-0.2, -0.15) is 0 Å². The molecule has 4 aliphatic carbocycles. The van der Waals surface area contributed by atoms with Gasteiger partial charge in [0.2, 0.25) is 0 Å². The number of rotatable bonds is 6. The second-order valence-electron chi connectivity index (χ2n) is 7.97. The molecule has 0 aliphatic heterocycles. The van der Waals surface area contributed by atoms with Gasteiger partial charge >= 0.3 is 0 Å². The monoisotopic (exact) mass is 315 g/mol. The summed E-state index contributed by atoms with van der Waals surface area (Å²) in [7, 11) is 1.72. The normalized spacial score (nSPS) is 34.6. The van der Waals surface area contributed by atoms with Gasteiger partial charge in [0, 0.05) is 12.1 Å². The number of hydrogen-bond donors (Lipinski definition) is 1. The van der Waals surface area contributed by atoms with Gasteiger partial charge in [-0.25, -0.2) is 0 Å². The fraction of sp³-hybridized carbons (Fsp3) is 0.700. The van der Waals surface area contributed by atoms with Gasteiger partial charge in [-0.1, -0.05) is 6.07 Å². The smallest absolute Gasteiger partial charge is 0.161 e. The van der Waals surface area contributed by atoms with E-state index in [4.69, 9.17) is 9.47 Å². The lowest BCUT2D eigenvalue weighted by atomic mass is 9.53. The van der Waals surface area contributed by atoms with Gasteiger partial charge in [-0.15, -0.1) is 0 Å². The van der Waals surface area contributed by atoms with E-state index in [2.05, 4.69) is 17.4 Å². The Morgan fingerprint density at radius 3 is 2.26 bits per heavy atom. The molecule has 3 nitrogen and oxygen atoms in total. The Kier molecular flexibility index (Phi) is 4.00. The minimum atomic E-state index is 0.417. The van der Waals surface area contributed by atoms with E-state index in [1.165, 1.54) is 44.1 Å². The summed E-state index contributed by atoms with van der Waals surface area (Å²) < 4.78 is 11.1. The van der Waals surface area contributed by atoms with Crippen LogP contribution in [0.3, 0.4) is 0 Å². The van der Waals surface area contributed by atoms with Crippen molar-refractivity contribution >= 4 is 0 Å². The summed E-state index contributed by atoms with van der Waals surface area (Å²) in [6, 6.07) is 6.33. The number of benzene rings is 1. The molecule has 0 aromatic heterocycles. The van der Waals surface area contributed by atoms with Gasteiger partial charge in [0.25, 0.3) is 0 Å². The topological polar surface area (TPSA) is 30.5 Å². The molecule has 0 amide bonds. The molecule has 1 N–H and O–H groups in total. The predicted molar refractivity (Wildman–Crippen MR) is 91.9 cm³/mol. The Hall–Kier alpha value is -1.22.